The van der Waals surface area contributed by atoms with Crippen LogP contribution in [0.4, 0.5) is 13.2 Å². The number of carbonyl (C=O) groups excluding carboxylic acids is 1. The van der Waals surface area contributed by atoms with Gasteiger partial charge in [-0.1, -0.05) is 26.0 Å². The fourth-order valence-corrected chi connectivity index (χ4v) is 3.56. The Labute approximate surface area is 182 Å². The van der Waals surface area contributed by atoms with Crippen LogP contribution in [-0.2, 0) is 12.8 Å². The van der Waals surface area contributed by atoms with Crippen molar-refractivity contribution in [2.24, 2.45) is 5.10 Å². The third kappa shape index (κ3) is 6.42. The molecule has 0 aliphatic heterocycles. The van der Waals surface area contributed by atoms with Crippen molar-refractivity contribution in [2.45, 2.75) is 32.5 Å². The predicted octanol–water partition coefficient (Wildman–Crippen LogP) is 6.23. The van der Waals surface area contributed by atoms with E-state index < -0.39 is 11.7 Å². The molecule has 0 bridgehead atoms. The topological polar surface area (TPSA) is 50.7 Å². The van der Waals surface area contributed by atoms with Crippen LogP contribution < -0.4 is 10.2 Å². The molecule has 1 aromatic heterocycles. The Morgan fingerprint density at radius 2 is 1.90 bits per heavy atom. The number of carbonyl (C=O) groups is 1. The molecule has 3 rings (SSSR count). The Hall–Kier alpha value is -3.13. The summed E-state index contributed by atoms with van der Waals surface area (Å²) in [6.45, 7) is 4.16. The van der Waals surface area contributed by atoms with Gasteiger partial charge in [-0.2, -0.15) is 18.3 Å². The highest BCUT2D eigenvalue weighted by atomic mass is 32.1. The zero-order valence-corrected chi connectivity index (χ0v) is 17.8. The lowest BCUT2D eigenvalue weighted by molar-refractivity contribution is -0.137. The van der Waals surface area contributed by atoms with E-state index in [9.17, 15) is 18.0 Å². The molecule has 0 fully saturated rings. The maximum absolute atomic E-state index is 12.8. The molecule has 2 aromatic carbocycles. The number of rotatable bonds is 7. The summed E-state index contributed by atoms with van der Waals surface area (Å²) in [5.74, 6) is 0.600. The Morgan fingerprint density at radius 3 is 2.55 bits per heavy atom. The fourth-order valence-electron chi connectivity index (χ4n) is 2.66. The van der Waals surface area contributed by atoms with E-state index in [0.717, 1.165) is 22.6 Å². The van der Waals surface area contributed by atoms with Crippen molar-refractivity contribution in [3.05, 3.63) is 87.1 Å². The van der Waals surface area contributed by atoms with Gasteiger partial charge in [-0.05, 0) is 59.5 Å². The second-order valence-electron chi connectivity index (χ2n) is 7.15. The van der Waals surface area contributed by atoms with E-state index in [2.05, 4.69) is 24.4 Å². The Morgan fingerprint density at radius 1 is 1.16 bits per heavy atom. The predicted molar refractivity (Wildman–Crippen MR) is 116 cm³/mol. The van der Waals surface area contributed by atoms with Crippen LogP contribution in [0.3, 0.4) is 0 Å². The molecular weight excluding hydrogens is 425 g/mol. The second kappa shape index (κ2) is 9.78. The Bertz CT molecular complexity index is 1060. The quantitative estimate of drug-likeness (QED) is 0.345. The molecule has 1 amide bonds. The Balaban J connectivity index is 1.52. The van der Waals surface area contributed by atoms with Crippen molar-refractivity contribution in [1.82, 2.24) is 5.43 Å². The molecule has 1 heterocycles. The molecule has 3 aromatic rings. The van der Waals surface area contributed by atoms with Crippen molar-refractivity contribution in [3.63, 3.8) is 0 Å². The van der Waals surface area contributed by atoms with Crippen LogP contribution in [0.5, 0.6) is 5.75 Å². The number of hydrogen-bond acceptors (Lipinski definition) is 4. The van der Waals surface area contributed by atoms with Crippen LogP contribution >= 0.6 is 11.3 Å². The molecule has 0 atom stereocenters. The summed E-state index contributed by atoms with van der Waals surface area (Å²) < 4.78 is 43.9. The molecular formula is C23H21F3N2O2S. The van der Waals surface area contributed by atoms with Crippen molar-refractivity contribution in [2.75, 3.05) is 0 Å². The number of hydrogen-bond donors (Lipinski definition) is 1. The van der Waals surface area contributed by atoms with Gasteiger partial charge in [-0.3, -0.25) is 4.79 Å². The molecule has 8 heteroatoms. The average Bonchev–Trinajstić information content (AvgIpc) is 3.24. The third-order valence-corrected chi connectivity index (χ3v) is 5.60. The van der Waals surface area contributed by atoms with Gasteiger partial charge in [0, 0.05) is 10.3 Å². The number of halogens is 3. The second-order valence-corrected chi connectivity index (χ2v) is 8.09. The summed E-state index contributed by atoms with van der Waals surface area (Å²) in [6, 6.07) is 13.7. The number of amides is 1. The van der Waals surface area contributed by atoms with Crippen LogP contribution in [0.2, 0.25) is 0 Å². The summed E-state index contributed by atoms with van der Waals surface area (Å²) in [6.07, 6.45) is -2.88. The van der Waals surface area contributed by atoms with E-state index in [-0.39, 0.29) is 12.5 Å². The largest absolute Gasteiger partial charge is 0.489 e. The first kappa shape index (κ1) is 22.6. The van der Waals surface area contributed by atoms with Crippen LogP contribution in [0.25, 0.3) is 0 Å². The van der Waals surface area contributed by atoms with Crippen LogP contribution in [-0.4, -0.2) is 12.1 Å². The molecule has 0 radical (unpaired) electrons. The zero-order valence-electron chi connectivity index (χ0n) is 16.9. The van der Waals surface area contributed by atoms with Crippen molar-refractivity contribution in [3.8, 4) is 5.75 Å². The lowest BCUT2D eigenvalue weighted by Gasteiger charge is -2.10. The van der Waals surface area contributed by atoms with Gasteiger partial charge < -0.3 is 4.74 Å². The van der Waals surface area contributed by atoms with Crippen LogP contribution in [0.15, 0.2) is 65.1 Å². The number of hydrazone groups is 1. The summed E-state index contributed by atoms with van der Waals surface area (Å²) >= 11 is 1.54. The number of alkyl halides is 3. The zero-order chi connectivity index (χ0) is 22.4. The van der Waals surface area contributed by atoms with Crippen LogP contribution in [0.1, 0.15) is 51.7 Å². The lowest BCUT2D eigenvalue weighted by atomic mass is 10.1. The summed E-state index contributed by atoms with van der Waals surface area (Å²) in [5, 5.41) is 5.76. The van der Waals surface area contributed by atoms with Crippen molar-refractivity contribution in [1.29, 1.82) is 0 Å². The van der Waals surface area contributed by atoms with Crippen LogP contribution in [0, 0.1) is 0 Å². The lowest BCUT2D eigenvalue weighted by Crippen LogP contribution is -2.16. The van der Waals surface area contributed by atoms with Gasteiger partial charge in [0.15, 0.2) is 0 Å². The van der Waals surface area contributed by atoms with Gasteiger partial charge in [0.2, 0.25) is 0 Å². The highest BCUT2D eigenvalue weighted by Crippen LogP contribution is 2.29. The first-order chi connectivity index (χ1) is 14.7. The van der Waals surface area contributed by atoms with E-state index in [1.807, 2.05) is 6.07 Å². The van der Waals surface area contributed by atoms with E-state index >= 15 is 0 Å². The summed E-state index contributed by atoms with van der Waals surface area (Å²) in [7, 11) is 0. The molecule has 0 aliphatic rings. The molecule has 0 saturated carbocycles. The average molecular weight is 446 g/mol. The van der Waals surface area contributed by atoms with E-state index in [1.54, 1.807) is 35.7 Å². The van der Waals surface area contributed by atoms with Crippen molar-refractivity contribution < 1.29 is 22.7 Å². The molecule has 0 spiro atoms. The first-order valence-electron chi connectivity index (χ1n) is 9.53. The van der Waals surface area contributed by atoms with Gasteiger partial charge in [0.25, 0.3) is 5.91 Å². The maximum Gasteiger partial charge on any atom is 0.416 e. The van der Waals surface area contributed by atoms with Gasteiger partial charge in [-0.25, -0.2) is 5.43 Å². The highest BCUT2D eigenvalue weighted by Gasteiger charge is 2.30. The molecule has 31 heavy (non-hydrogen) atoms. The third-order valence-electron chi connectivity index (χ3n) is 4.37. The van der Waals surface area contributed by atoms with Gasteiger partial charge in [-0.15, -0.1) is 11.3 Å². The fraction of sp³-hybridized carbons (Fsp3) is 0.217. The summed E-state index contributed by atoms with van der Waals surface area (Å²) in [4.78, 5) is 13.3. The molecule has 4 nitrogen and oxygen atoms in total. The Kier molecular flexibility index (Phi) is 7.12. The number of nitrogens with zero attached hydrogens (tertiary/aromatic N) is 1. The van der Waals surface area contributed by atoms with E-state index in [0.29, 0.717) is 22.8 Å². The minimum Gasteiger partial charge on any atom is -0.489 e. The SMILES string of the molecule is CC(C)c1cc(C(=O)N/N=C/c2ccc(OCc3cccc(C(F)(F)F)c3)cc2)cs1. The molecule has 162 valence electrons. The minimum absolute atomic E-state index is 0.0203. The molecule has 0 saturated heterocycles. The van der Waals surface area contributed by atoms with Gasteiger partial charge in [0.05, 0.1) is 17.3 Å². The molecule has 0 aliphatic carbocycles. The van der Waals surface area contributed by atoms with Gasteiger partial charge >= 0.3 is 6.18 Å². The van der Waals surface area contributed by atoms with E-state index in [1.165, 1.54) is 23.6 Å². The maximum atomic E-state index is 12.8. The number of benzene rings is 2. The normalized spacial score (nSPS) is 11.8. The number of nitrogens with one attached hydrogen (secondary N) is 1. The number of thiophene rings is 1. The smallest absolute Gasteiger partial charge is 0.416 e. The highest BCUT2D eigenvalue weighted by molar-refractivity contribution is 7.10. The monoisotopic (exact) mass is 446 g/mol. The first-order valence-corrected chi connectivity index (χ1v) is 10.4. The molecule has 1 N–H and O–H groups in total. The van der Waals surface area contributed by atoms with E-state index in [4.69, 9.17) is 4.74 Å². The number of ether oxygens (including phenoxy) is 1. The van der Waals surface area contributed by atoms with Crippen molar-refractivity contribution >= 4 is 23.5 Å². The molecule has 0 unspecified atom stereocenters. The summed E-state index contributed by atoms with van der Waals surface area (Å²) in [5.41, 5.74) is 3.53. The van der Waals surface area contributed by atoms with Gasteiger partial charge in [0.1, 0.15) is 12.4 Å². The minimum atomic E-state index is -4.38. The standard InChI is InChI=1S/C23H21F3N2O2S/c1-15(2)21-11-18(14-31-21)22(29)28-27-12-16-6-8-20(9-7-16)30-13-17-4-3-5-19(10-17)23(24,25)26/h3-12,14-15H,13H2,1-2H3,(H,28,29)/b27-12+.